The highest BCUT2D eigenvalue weighted by Crippen LogP contribution is 2.18. The average Bonchev–Trinajstić information content (AvgIpc) is 2.79. The summed E-state index contributed by atoms with van der Waals surface area (Å²) in [4.78, 5) is 49.5. The molecule has 4 N–H and O–H groups in total. The van der Waals surface area contributed by atoms with E-state index < -0.39 is 11.8 Å². The number of rotatable bonds is 5. The topological polar surface area (TPSA) is 120 Å². The van der Waals surface area contributed by atoms with Crippen LogP contribution in [0.15, 0.2) is 48.5 Å². The number of anilines is 3. The molecule has 1 heterocycles. The van der Waals surface area contributed by atoms with Gasteiger partial charge < -0.3 is 26.2 Å². The summed E-state index contributed by atoms with van der Waals surface area (Å²) >= 11 is 0. The Hall–Kier alpha value is -3.95. The molecule has 0 radical (unpaired) electrons. The van der Waals surface area contributed by atoms with Crippen LogP contribution in [0.1, 0.15) is 19.8 Å². The van der Waals surface area contributed by atoms with Crippen molar-refractivity contribution in [3.05, 3.63) is 54.3 Å². The lowest BCUT2D eigenvalue weighted by Crippen LogP contribution is -2.44. The summed E-state index contributed by atoms with van der Waals surface area (Å²) < 4.78 is 13.0. The number of nitrogens with one attached hydrogen (secondary N) is 4. The molecule has 0 bridgehead atoms. The minimum Gasteiger partial charge on any atom is -0.348 e. The highest BCUT2D eigenvalue weighted by molar-refractivity contribution is 6.39. The fourth-order valence-electron chi connectivity index (χ4n) is 3.46. The first-order valence-electron chi connectivity index (χ1n) is 10.6. The fraction of sp³-hybridized carbons (Fsp3) is 0.304. The van der Waals surface area contributed by atoms with E-state index in [-0.39, 0.29) is 23.7 Å². The van der Waals surface area contributed by atoms with E-state index >= 15 is 0 Å². The van der Waals surface area contributed by atoms with E-state index in [1.807, 2.05) is 0 Å². The fourth-order valence-corrected chi connectivity index (χ4v) is 3.46. The largest absolute Gasteiger partial charge is 0.348 e. The van der Waals surface area contributed by atoms with Crippen molar-refractivity contribution in [3.63, 3.8) is 0 Å². The molecule has 0 saturated carbocycles. The summed E-state index contributed by atoms with van der Waals surface area (Å²) in [6.07, 6.45) is 1.36. The Bertz CT molecular complexity index is 1020. The van der Waals surface area contributed by atoms with Gasteiger partial charge in [-0.2, -0.15) is 0 Å². The summed E-state index contributed by atoms with van der Waals surface area (Å²) in [6, 6.07) is 11.8. The first-order valence-corrected chi connectivity index (χ1v) is 10.6. The van der Waals surface area contributed by atoms with E-state index in [2.05, 4.69) is 21.3 Å². The normalized spacial score (nSPS) is 13.7. The number of piperidine rings is 1. The number of urea groups is 1. The van der Waals surface area contributed by atoms with Gasteiger partial charge in [-0.05, 0) is 61.2 Å². The molecule has 1 fully saturated rings. The van der Waals surface area contributed by atoms with Crippen molar-refractivity contribution in [2.75, 3.05) is 35.6 Å². The molecule has 0 spiro atoms. The maximum atomic E-state index is 13.0. The van der Waals surface area contributed by atoms with Crippen LogP contribution in [0.2, 0.25) is 0 Å². The van der Waals surface area contributed by atoms with Crippen molar-refractivity contribution in [1.29, 1.82) is 0 Å². The van der Waals surface area contributed by atoms with Crippen molar-refractivity contribution in [2.24, 2.45) is 5.92 Å². The van der Waals surface area contributed by atoms with E-state index in [9.17, 15) is 23.6 Å². The van der Waals surface area contributed by atoms with Gasteiger partial charge in [0.05, 0.1) is 0 Å². The van der Waals surface area contributed by atoms with Gasteiger partial charge >= 0.3 is 17.8 Å². The number of carbonyl (C=O) groups is 4. The first kappa shape index (κ1) is 23.7. The Morgan fingerprint density at radius 2 is 1.52 bits per heavy atom. The van der Waals surface area contributed by atoms with Crippen LogP contribution in [0.3, 0.4) is 0 Å². The maximum absolute atomic E-state index is 13.0. The van der Waals surface area contributed by atoms with Crippen molar-refractivity contribution in [3.8, 4) is 0 Å². The summed E-state index contributed by atoms with van der Waals surface area (Å²) in [6.45, 7) is 2.72. The Morgan fingerprint density at radius 1 is 0.879 bits per heavy atom. The molecule has 0 aromatic heterocycles. The minimum atomic E-state index is -0.800. The van der Waals surface area contributed by atoms with Crippen LogP contribution in [0.4, 0.5) is 26.2 Å². The Morgan fingerprint density at radius 3 is 2.15 bits per heavy atom. The number of amides is 5. The number of likely N-dealkylation sites (tertiary alicyclic amines) is 1. The SMILES string of the molecule is CC(=O)Nc1cccc(NC(=O)C(=O)NCC2CCN(C(=O)Nc3ccc(F)cc3)CC2)c1. The molecule has 1 saturated heterocycles. The molecule has 3 rings (SSSR count). The quantitative estimate of drug-likeness (QED) is 0.518. The lowest BCUT2D eigenvalue weighted by Gasteiger charge is -2.32. The number of halogens is 1. The van der Waals surface area contributed by atoms with Gasteiger partial charge in [0, 0.05) is 43.6 Å². The molecule has 1 aliphatic rings. The second kappa shape index (κ2) is 11.1. The summed E-state index contributed by atoms with van der Waals surface area (Å²) in [5, 5.41) is 10.5. The van der Waals surface area contributed by atoms with Gasteiger partial charge in [-0.1, -0.05) is 6.07 Å². The molecule has 0 unspecified atom stereocenters. The molecule has 5 amide bonds. The zero-order valence-electron chi connectivity index (χ0n) is 18.2. The van der Waals surface area contributed by atoms with Crippen molar-refractivity contribution < 1.29 is 23.6 Å². The molecule has 9 nitrogen and oxygen atoms in total. The second-order valence-corrected chi connectivity index (χ2v) is 7.79. The van der Waals surface area contributed by atoms with Gasteiger partial charge in [0.1, 0.15) is 5.82 Å². The minimum absolute atomic E-state index is 0.139. The summed E-state index contributed by atoms with van der Waals surface area (Å²) in [7, 11) is 0. The van der Waals surface area contributed by atoms with Crippen LogP contribution in [-0.2, 0) is 14.4 Å². The molecule has 2 aromatic rings. The van der Waals surface area contributed by atoms with Crippen LogP contribution in [0.5, 0.6) is 0 Å². The lowest BCUT2D eigenvalue weighted by atomic mass is 9.97. The molecule has 1 aliphatic heterocycles. The molecule has 0 aliphatic carbocycles. The van der Waals surface area contributed by atoms with Gasteiger partial charge in [-0.15, -0.1) is 0 Å². The van der Waals surface area contributed by atoms with Crippen LogP contribution >= 0.6 is 0 Å². The molecule has 0 atom stereocenters. The Labute approximate surface area is 190 Å². The first-order chi connectivity index (χ1) is 15.8. The number of hydrogen-bond donors (Lipinski definition) is 4. The second-order valence-electron chi connectivity index (χ2n) is 7.79. The maximum Gasteiger partial charge on any atom is 0.321 e. The summed E-state index contributed by atoms with van der Waals surface area (Å²) in [5.41, 5.74) is 1.42. The van der Waals surface area contributed by atoms with E-state index in [1.54, 1.807) is 29.2 Å². The third-order valence-electron chi connectivity index (χ3n) is 5.20. The van der Waals surface area contributed by atoms with Crippen LogP contribution < -0.4 is 21.3 Å². The van der Waals surface area contributed by atoms with Gasteiger partial charge in [0.2, 0.25) is 5.91 Å². The van der Waals surface area contributed by atoms with E-state index in [0.717, 1.165) is 0 Å². The van der Waals surface area contributed by atoms with Crippen LogP contribution in [0, 0.1) is 11.7 Å². The predicted octanol–water partition coefficient (Wildman–Crippen LogP) is 2.78. The van der Waals surface area contributed by atoms with E-state index in [4.69, 9.17) is 0 Å². The smallest absolute Gasteiger partial charge is 0.321 e. The third kappa shape index (κ3) is 7.30. The molecular formula is C23H26FN5O4. The van der Waals surface area contributed by atoms with Crippen molar-refractivity contribution in [1.82, 2.24) is 10.2 Å². The lowest BCUT2D eigenvalue weighted by molar-refractivity contribution is -0.136. The summed E-state index contributed by atoms with van der Waals surface area (Å²) in [5.74, 6) is -2.03. The Kier molecular flexibility index (Phi) is 7.96. The third-order valence-corrected chi connectivity index (χ3v) is 5.20. The average molecular weight is 455 g/mol. The predicted molar refractivity (Wildman–Crippen MR) is 122 cm³/mol. The highest BCUT2D eigenvalue weighted by Gasteiger charge is 2.24. The molecule has 174 valence electrons. The number of benzene rings is 2. The van der Waals surface area contributed by atoms with Gasteiger partial charge in [-0.3, -0.25) is 14.4 Å². The zero-order valence-corrected chi connectivity index (χ0v) is 18.2. The van der Waals surface area contributed by atoms with Crippen LogP contribution in [0.25, 0.3) is 0 Å². The van der Waals surface area contributed by atoms with Gasteiger partial charge in [0.15, 0.2) is 0 Å². The molecule has 2 aromatic carbocycles. The molecular weight excluding hydrogens is 429 g/mol. The van der Waals surface area contributed by atoms with E-state index in [0.29, 0.717) is 49.5 Å². The molecule has 33 heavy (non-hydrogen) atoms. The number of nitrogens with zero attached hydrogens (tertiary/aromatic N) is 1. The van der Waals surface area contributed by atoms with Crippen molar-refractivity contribution >= 4 is 40.8 Å². The molecule has 10 heteroatoms. The van der Waals surface area contributed by atoms with E-state index in [1.165, 1.54) is 31.2 Å². The standard InChI is InChI=1S/C23H26FN5O4/c1-15(30)26-19-3-2-4-20(13-19)27-22(32)21(31)25-14-16-9-11-29(12-10-16)23(33)28-18-7-5-17(24)6-8-18/h2-8,13,16H,9-12,14H2,1H3,(H,25,31)(H,26,30)(H,27,32)(H,28,33). The number of hydrogen-bond acceptors (Lipinski definition) is 4. The zero-order chi connectivity index (χ0) is 23.8. The van der Waals surface area contributed by atoms with Gasteiger partial charge in [-0.25, -0.2) is 9.18 Å². The number of carbonyl (C=O) groups excluding carboxylic acids is 4. The highest BCUT2D eigenvalue weighted by atomic mass is 19.1. The Balaban J connectivity index is 1.39. The van der Waals surface area contributed by atoms with Crippen LogP contribution in [-0.4, -0.2) is 48.3 Å². The van der Waals surface area contributed by atoms with Crippen molar-refractivity contribution in [2.45, 2.75) is 19.8 Å². The van der Waals surface area contributed by atoms with Gasteiger partial charge in [0.25, 0.3) is 0 Å². The monoisotopic (exact) mass is 455 g/mol.